The van der Waals surface area contributed by atoms with Crippen molar-refractivity contribution >= 4 is 17.8 Å². The zero-order valence-electron chi connectivity index (χ0n) is 19.2. The average Bonchev–Trinajstić information content (AvgIpc) is 3.14. The molecule has 0 radical (unpaired) electrons. The Kier molecular flexibility index (Phi) is 6.15. The lowest BCUT2D eigenvalue weighted by Crippen LogP contribution is -2.49. The SMILES string of the molecule is CC(=O)N[C@H](CC(=O)OC[C@@]1(C)CCC[C@]2(C)C3=C(CC[C@@H]12)C(=O)OC3)c1ccccc1. The highest BCUT2D eigenvalue weighted by atomic mass is 16.5. The molecule has 3 aliphatic rings. The van der Waals surface area contributed by atoms with Crippen LogP contribution in [0.4, 0.5) is 0 Å². The molecule has 1 fully saturated rings. The minimum Gasteiger partial charge on any atom is -0.465 e. The molecule has 0 spiro atoms. The molecule has 0 unspecified atom stereocenters. The van der Waals surface area contributed by atoms with Gasteiger partial charge in [0.05, 0.1) is 19.1 Å². The van der Waals surface area contributed by atoms with Crippen molar-refractivity contribution in [1.82, 2.24) is 5.32 Å². The van der Waals surface area contributed by atoms with Crippen molar-refractivity contribution in [1.29, 1.82) is 0 Å². The molecule has 0 bridgehead atoms. The van der Waals surface area contributed by atoms with Gasteiger partial charge in [0, 0.05) is 17.9 Å². The number of hydrogen-bond donors (Lipinski definition) is 1. The summed E-state index contributed by atoms with van der Waals surface area (Å²) in [6, 6.07) is 9.09. The van der Waals surface area contributed by atoms with Crippen LogP contribution in [-0.2, 0) is 23.9 Å². The second-order valence-corrected chi connectivity index (χ2v) is 10.1. The zero-order valence-corrected chi connectivity index (χ0v) is 19.2. The van der Waals surface area contributed by atoms with Crippen LogP contribution in [0.25, 0.3) is 0 Å². The lowest BCUT2D eigenvalue weighted by Gasteiger charge is -2.54. The first kappa shape index (κ1) is 22.6. The Balaban J connectivity index is 1.44. The van der Waals surface area contributed by atoms with Crippen molar-refractivity contribution in [3.8, 4) is 0 Å². The number of hydrogen-bond acceptors (Lipinski definition) is 5. The molecule has 6 heteroatoms. The summed E-state index contributed by atoms with van der Waals surface area (Å²) in [5.74, 6) is -0.300. The summed E-state index contributed by atoms with van der Waals surface area (Å²) < 4.78 is 11.2. The van der Waals surface area contributed by atoms with Gasteiger partial charge in [-0.2, -0.15) is 0 Å². The van der Waals surface area contributed by atoms with E-state index in [4.69, 9.17) is 9.47 Å². The third-order valence-electron chi connectivity index (χ3n) is 7.90. The van der Waals surface area contributed by atoms with Crippen LogP contribution < -0.4 is 5.32 Å². The summed E-state index contributed by atoms with van der Waals surface area (Å²) in [5, 5.41) is 2.86. The third kappa shape index (κ3) is 4.19. The fourth-order valence-electron chi connectivity index (χ4n) is 6.32. The van der Waals surface area contributed by atoms with Gasteiger partial charge in [-0.05, 0) is 48.2 Å². The van der Waals surface area contributed by atoms with Gasteiger partial charge in [0.1, 0.15) is 6.61 Å². The number of benzene rings is 1. The van der Waals surface area contributed by atoms with Crippen LogP contribution in [0.5, 0.6) is 0 Å². The number of carbonyl (C=O) groups is 3. The molecule has 1 N–H and O–H groups in total. The van der Waals surface area contributed by atoms with Crippen LogP contribution in [0.15, 0.2) is 41.5 Å². The number of fused-ring (bicyclic) bond motifs is 2. The van der Waals surface area contributed by atoms with E-state index in [0.717, 1.165) is 43.2 Å². The fraction of sp³-hybridized carbons (Fsp3) is 0.577. The minimum atomic E-state index is -0.408. The smallest absolute Gasteiger partial charge is 0.334 e. The van der Waals surface area contributed by atoms with E-state index in [0.29, 0.717) is 19.1 Å². The highest BCUT2D eigenvalue weighted by molar-refractivity contribution is 5.92. The predicted octanol–water partition coefficient (Wildman–Crippen LogP) is 4.26. The highest BCUT2D eigenvalue weighted by Crippen LogP contribution is 2.60. The Morgan fingerprint density at radius 1 is 1.22 bits per heavy atom. The molecular formula is C26H33NO5. The van der Waals surface area contributed by atoms with Crippen molar-refractivity contribution in [2.45, 2.75) is 65.3 Å². The van der Waals surface area contributed by atoms with Crippen LogP contribution in [0, 0.1) is 16.7 Å². The summed E-state index contributed by atoms with van der Waals surface area (Å²) in [4.78, 5) is 36.6. The van der Waals surface area contributed by atoms with Crippen molar-refractivity contribution in [3.05, 3.63) is 47.0 Å². The molecule has 32 heavy (non-hydrogen) atoms. The maximum absolute atomic E-state index is 12.8. The largest absolute Gasteiger partial charge is 0.465 e. The molecule has 0 saturated heterocycles. The van der Waals surface area contributed by atoms with Crippen molar-refractivity contribution in [2.75, 3.05) is 13.2 Å². The summed E-state index contributed by atoms with van der Waals surface area (Å²) in [6.07, 6.45) is 4.82. The van der Waals surface area contributed by atoms with Gasteiger partial charge in [-0.15, -0.1) is 0 Å². The van der Waals surface area contributed by atoms with E-state index < -0.39 is 6.04 Å². The monoisotopic (exact) mass is 439 g/mol. The Hall–Kier alpha value is -2.63. The number of nitrogens with one attached hydrogen (secondary N) is 1. The van der Waals surface area contributed by atoms with Crippen LogP contribution >= 0.6 is 0 Å². The van der Waals surface area contributed by atoms with E-state index in [1.807, 2.05) is 30.3 Å². The molecule has 1 aromatic rings. The summed E-state index contributed by atoms with van der Waals surface area (Å²) in [7, 11) is 0. The van der Waals surface area contributed by atoms with Gasteiger partial charge >= 0.3 is 11.9 Å². The van der Waals surface area contributed by atoms with Gasteiger partial charge in [-0.25, -0.2) is 4.79 Å². The van der Waals surface area contributed by atoms with E-state index in [1.165, 1.54) is 12.5 Å². The Labute approximate surface area is 189 Å². The van der Waals surface area contributed by atoms with Crippen LogP contribution in [0.1, 0.15) is 70.9 Å². The zero-order chi connectivity index (χ0) is 22.9. The van der Waals surface area contributed by atoms with E-state index in [9.17, 15) is 14.4 Å². The van der Waals surface area contributed by atoms with E-state index >= 15 is 0 Å². The molecule has 172 valence electrons. The van der Waals surface area contributed by atoms with Gasteiger partial charge in [0.2, 0.25) is 5.91 Å². The second-order valence-electron chi connectivity index (χ2n) is 10.1. The topological polar surface area (TPSA) is 81.7 Å². The van der Waals surface area contributed by atoms with Gasteiger partial charge in [-0.1, -0.05) is 50.6 Å². The first-order valence-electron chi connectivity index (χ1n) is 11.6. The molecule has 1 aliphatic heterocycles. The van der Waals surface area contributed by atoms with Crippen molar-refractivity contribution < 1.29 is 23.9 Å². The molecule has 4 atom stereocenters. The molecule has 1 amide bonds. The minimum absolute atomic E-state index is 0.0814. The number of carbonyl (C=O) groups excluding carboxylic acids is 3. The number of cyclic esters (lactones) is 1. The van der Waals surface area contributed by atoms with Gasteiger partial charge < -0.3 is 14.8 Å². The standard InChI is InChI=1S/C26H33NO5/c1-17(28)27-21(18-8-5-4-6-9-18)14-23(29)32-16-25(2)12-7-13-26(3)20-15-31-24(30)19(20)10-11-22(25)26/h4-6,8-9,21-22H,7,10-16H2,1-3H3,(H,27,28)/t21-,22+,25-,26-/m1/s1. The third-order valence-corrected chi connectivity index (χ3v) is 7.90. The molecular weight excluding hydrogens is 406 g/mol. The van der Waals surface area contributed by atoms with E-state index in [2.05, 4.69) is 19.2 Å². The maximum atomic E-state index is 12.8. The maximum Gasteiger partial charge on any atom is 0.334 e. The number of amides is 1. The molecule has 1 aromatic carbocycles. The Morgan fingerprint density at radius 2 is 1.97 bits per heavy atom. The molecule has 2 aliphatic carbocycles. The van der Waals surface area contributed by atoms with E-state index in [1.54, 1.807) is 0 Å². The first-order valence-corrected chi connectivity index (χ1v) is 11.6. The van der Waals surface area contributed by atoms with Crippen LogP contribution in [-0.4, -0.2) is 31.1 Å². The molecule has 1 saturated carbocycles. The first-order chi connectivity index (χ1) is 15.2. The Bertz CT molecular complexity index is 939. The normalized spacial score (nSPS) is 30.1. The number of esters is 2. The quantitative estimate of drug-likeness (QED) is 0.670. The number of ether oxygens (including phenoxy) is 2. The molecule has 1 heterocycles. The number of rotatable bonds is 6. The van der Waals surface area contributed by atoms with Crippen molar-refractivity contribution in [2.24, 2.45) is 16.7 Å². The molecule has 0 aromatic heterocycles. The van der Waals surface area contributed by atoms with Gasteiger partial charge in [-0.3, -0.25) is 9.59 Å². The fourth-order valence-corrected chi connectivity index (χ4v) is 6.32. The average molecular weight is 440 g/mol. The van der Waals surface area contributed by atoms with Crippen LogP contribution in [0.3, 0.4) is 0 Å². The van der Waals surface area contributed by atoms with Gasteiger partial charge in [0.15, 0.2) is 0 Å². The molecule has 4 rings (SSSR count). The van der Waals surface area contributed by atoms with E-state index in [-0.39, 0.29) is 35.1 Å². The van der Waals surface area contributed by atoms with Gasteiger partial charge in [0.25, 0.3) is 0 Å². The predicted molar refractivity (Wildman–Crippen MR) is 119 cm³/mol. The molecule has 6 nitrogen and oxygen atoms in total. The lowest BCUT2D eigenvalue weighted by atomic mass is 9.50. The highest BCUT2D eigenvalue weighted by Gasteiger charge is 2.55. The lowest BCUT2D eigenvalue weighted by molar-refractivity contribution is -0.152. The van der Waals surface area contributed by atoms with Crippen molar-refractivity contribution in [3.63, 3.8) is 0 Å². The second kappa shape index (κ2) is 8.72. The Morgan fingerprint density at radius 3 is 2.69 bits per heavy atom. The summed E-state index contributed by atoms with van der Waals surface area (Å²) >= 11 is 0. The summed E-state index contributed by atoms with van der Waals surface area (Å²) in [5.41, 5.74) is 2.70. The van der Waals surface area contributed by atoms with Crippen LogP contribution in [0.2, 0.25) is 0 Å². The summed E-state index contributed by atoms with van der Waals surface area (Å²) in [6.45, 7) is 6.69.